The molecule has 0 radical (unpaired) electrons. The normalized spacial score (nSPS) is 21.0. The molecular weight excluding hydrogens is 504 g/mol. The molecule has 0 aromatic rings. The zero-order valence-corrected chi connectivity index (χ0v) is 25.5. The van der Waals surface area contributed by atoms with E-state index in [4.69, 9.17) is 21.2 Å². The minimum Gasteiger partial charge on any atom is -0.412 e. The van der Waals surface area contributed by atoms with Gasteiger partial charge in [-0.2, -0.15) is 0 Å². The van der Waals surface area contributed by atoms with E-state index in [0.717, 1.165) is 39.2 Å². The number of amides is 3. The summed E-state index contributed by atoms with van der Waals surface area (Å²) in [4.78, 5) is 38.5. The molecule has 1 saturated carbocycles. The first-order valence-electron chi connectivity index (χ1n) is 13.5. The Hall–Kier alpha value is -2.31. The third-order valence-electron chi connectivity index (χ3n) is 5.50. The molecule has 10 N–H and O–H groups in total. The fraction of sp³-hybridized carbons (Fsp3) is 0.750. The Morgan fingerprint density at radius 2 is 1.62 bits per heavy atom. The number of allylic oxidation sites excluding steroid dienone is 3. The Morgan fingerprint density at radius 3 is 2.00 bits per heavy atom. The summed E-state index contributed by atoms with van der Waals surface area (Å²) < 4.78 is 0. The monoisotopic (exact) mass is 568 g/mol. The van der Waals surface area contributed by atoms with Crippen LogP contribution in [0.1, 0.15) is 104 Å². The van der Waals surface area contributed by atoms with Crippen molar-refractivity contribution >= 4 is 17.7 Å². The number of nitrogens with two attached hydrogens (primary N) is 2. The summed E-state index contributed by atoms with van der Waals surface area (Å²) in [5.74, 6) is 2.75. The van der Waals surface area contributed by atoms with Crippen molar-refractivity contribution < 1.29 is 39.6 Å². The van der Waals surface area contributed by atoms with Crippen molar-refractivity contribution in [3.63, 3.8) is 0 Å². The molecule has 238 valence electrons. The first-order valence-corrected chi connectivity index (χ1v) is 13.5. The Morgan fingerprint density at radius 1 is 1.10 bits per heavy atom. The van der Waals surface area contributed by atoms with Crippen LogP contribution >= 0.6 is 0 Å². The van der Waals surface area contributed by atoms with Crippen molar-refractivity contribution in [3.05, 3.63) is 24.3 Å². The van der Waals surface area contributed by atoms with Crippen LogP contribution in [0.15, 0.2) is 24.3 Å². The number of carbonyl (C=O) groups is 3. The van der Waals surface area contributed by atoms with Gasteiger partial charge in [0, 0.05) is 30.3 Å². The zero-order chi connectivity index (χ0) is 30.4. The Labute approximate surface area is 240 Å². The molecule has 3 amide bonds. The average molecular weight is 569 g/mol. The van der Waals surface area contributed by atoms with Crippen molar-refractivity contribution in [1.29, 1.82) is 0 Å². The lowest BCUT2D eigenvalue weighted by Crippen LogP contribution is -2.54. The number of carbonyl (C=O) groups excluding carboxylic acids is 3. The summed E-state index contributed by atoms with van der Waals surface area (Å²) in [7, 11) is 1.00. The molecule has 39 heavy (non-hydrogen) atoms. The van der Waals surface area contributed by atoms with Crippen LogP contribution in [0.2, 0.25) is 0 Å². The number of likely N-dealkylation sites (tertiary alicyclic amines) is 1. The smallest absolute Gasteiger partial charge is 0.243 e. The number of unbranched alkanes of at least 4 members (excludes halogenated alkanes) is 1. The van der Waals surface area contributed by atoms with Gasteiger partial charge < -0.3 is 36.8 Å². The standard InChI is InChI=1S/C18H29N3O3.C5H10.C4H10O.CH4O.H3NO.H2O.3H2/c1-3-5-8-13-12-18(13,17(19)24)20-16(23)14-9-7-11-21(14)15(22)10-6-4-2;1-3-5-4-2;1-4(2,3)5;2*1-2;;;;/h5,8,13-14H,3-4,6-7,9-12H2,1-2H3,(H2,19,24)(H,20,23);3,5H,4H2,1-2H3;5H,1-3H3;2H,1H3;2H,1H2;1H2;3*1H/b8-5-;5-3-;;;;;;;/t13-,14+,18-;;;;;;;;/m1......../s1. The highest BCUT2D eigenvalue weighted by molar-refractivity contribution is 5.96. The summed E-state index contributed by atoms with van der Waals surface area (Å²) in [5.41, 5.74) is 4.07. The quantitative estimate of drug-likeness (QED) is 0.180. The van der Waals surface area contributed by atoms with Crippen molar-refractivity contribution in [1.82, 2.24) is 10.2 Å². The summed E-state index contributed by atoms with van der Waals surface area (Å²) in [5, 5.41) is 24.9. The summed E-state index contributed by atoms with van der Waals surface area (Å²) in [6, 6.07) is -0.470. The predicted octanol–water partition coefficient (Wildman–Crippen LogP) is 3.10. The average Bonchev–Trinajstić information content (AvgIpc) is 3.34. The molecule has 11 nitrogen and oxygen atoms in total. The molecule has 3 atom stereocenters. The van der Waals surface area contributed by atoms with Gasteiger partial charge >= 0.3 is 0 Å². The van der Waals surface area contributed by atoms with Crippen LogP contribution < -0.4 is 16.9 Å². The van der Waals surface area contributed by atoms with Gasteiger partial charge in [-0.15, -0.1) is 0 Å². The third-order valence-corrected chi connectivity index (χ3v) is 5.50. The Kier molecular flexibility index (Phi) is 27.7. The lowest BCUT2D eigenvalue weighted by atomic mass is 10.1. The largest absolute Gasteiger partial charge is 0.412 e. The number of hydrogen-bond donors (Lipinski definition) is 6. The van der Waals surface area contributed by atoms with E-state index >= 15 is 0 Å². The van der Waals surface area contributed by atoms with Gasteiger partial charge in [0.1, 0.15) is 11.6 Å². The number of aliphatic hydroxyl groups excluding tert-OH is 1. The van der Waals surface area contributed by atoms with Crippen molar-refractivity contribution in [2.45, 2.75) is 117 Å². The number of hydrogen-bond acceptors (Lipinski definition) is 7. The van der Waals surface area contributed by atoms with E-state index in [2.05, 4.69) is 30.3 Å². The van der Waals surface area contributed by atoms with E-state index in [9.17, 15) is 14.4 Å². The maximum absolute atomic E-state index is 12.7. The second kappa shape index (κ2) is 24.7. The maximum atomic E-state index is 12.7. The number of nitrogens with one attached hydrogen (secondary N) is 1. The van der Waals surface area contributed by atoms with Crippen LogP contribution in [-0.4, -0.2) is 74.4 Å². The van der Waals surface area contributed by atoms with Gasteiger partial charge in [0.2, 0.25) is 17.7 Å². The topological polar surface area (TPSA) is 211 Å². The van der Waals surface area contributed by atoms with E-state index in [0.29, 0.717) is 25.8 Å². The van der Waals surface area contributed by atoms with Gasteiger partial charge in [0.05, 0.1) is 5.60 Å². The van der Waals surface area contributed by atoms with Gasteiger partial charge in [-0.3, -0.25) is 14.4 Å². The highest BCUT2D eigenvalue weighted by Crippen LogP contribution is 2.44. The minimum atomic E-state index is -0.969. The van der Waals surface area contributed by atoms with Crippen LogP contribution in [0.5, 0.6) is 0 Å². The van der Waals surface area contributed by atoms with Crippen molar-refractivity contribution in [2.75, 3.05) is 13.7 Å². The maximum Gasteiger partial charge on any atom is 0.243 e. The van der Waals surface area contributed by atoms with Crippen molar-refractivity contribution in [3.8, 4) is 0 Å². The molecule has 0 spiro atoms. The van der Waals surface area contributed by atoms with Gasteiger partial charge in [-0.1, -0.05) is 51.5 Å². The molecule has 1 saturated heterocycles. The lowest BCUT2D eigenvalue weighted by Gasteiger charge is -2.26. The second-order valence-electron chi connectivity index (χ2n) is 9.97. The van der Waals surface area contributed by atoms with Crippen LogP contribution in [0, 0.1) is 5.92 Å². The molecule has 0 unspecified atom stereocenters. The fourth-order valence-corrected chi connectivity index (χ4v) is 3.66. The number of primary amides is 1. The van der Waals surface area contributed by atoms with E-state index in [1.54, 1.807) is 25.7 Å². The summed E-state index contributed by atoms with van der Waals surface area (Å²) in [6.45, 7) is 14.1. The zero-order valence-electron chi connectivity index (χ0n) is 25.5. The Bertz CT molecular complexity index is 718. The SMILES string of the molecule is C/C=C\CC.CC(C)(C)O.CC/C=C\[C@@H]1C[C@]1(NC(=O)[C@@H]1CCCN1C(=O)CCCC)C(N)=O.CO.NO.O.[HH].[HH].[HH]. The second-order valence-corrected chi connectivity index (χ2v) is 9.97. The van der Waals surface area contributed by atoms with Gasteiger partial charge in [0.25, 0.3) is 0 Å². The first-order chi connectivity index (χ1) is 17.9. The predicted molar refractivity (Wildman–Crippen MR) is 163 cm³/mol. The van der Waals surface area contributed by atoms with Crippen LogP contribution in [0.4, 0.5) is 0 Å². The van der Waals surface area contributed by atoms with Crippen LogP contribution in [0.3, 0.4) is 0 Å². The van der Waals surface area contributed by atoms with E-state index in [-0.39, 0.29) is 27.5 Å². The highest BCUT2D eigenvalue weighted by atomic mass is 16.4. The summed E-state index contributed by atoms with van der Waals surface area (Å²) in [6.07, 6.45) is 14.4. The van der Waals surface area contributed by atoms with E-state index in [1.165, 1.54) is 0 Å². The number of nitrogens with zero attached hydrogens (tertiary/aromatic N) is 1. The molecule has 0 aromatic carbocycles. The molecule has 1 aliphatic carbocycles. The molecule has 11 heteroatoms. The molecule has 0 aromatic heterocycles. The molecule has 1 aliphatic heterocycles. The highest BCUT2D eigenvalue weighted by Gasteiger charge is 2.59. The van der Waals surface area contributed by atoms with Gasteiger partial charge in [0.15, 0.2) is 0 Å². The fourth-order valence-electron chi connectivity index (χ4n) is 3.66. The molecular formula is C28H64N4O7. The van der Waals surface area contributed by atoms with Gasteiger partial charge in [-0.05, 0) is 66.2 Å². The summed E-state index contributed by atoms with van der Waals surface area (Å²) >= 11 is 0. The minimum absolute atomic E-state index is 0. The Balaban J connectivity index is -0.000000116. The number of rotatable bonds is 9. The molecule has 2 aliphatic rings. The van der Waals surface area contributed by atoms with E-state index < -0.39 is 23.1 Å². The van der Waals surface area contributed by atoms with Crippen LogP contribution in [0.25, 0.3) is 0 Å². The molecule has 1 heterocycles. The van der Waals surface area contributed by atoms with Crippen molar-refractivity contribution in [2.24, 2.45) is 17.5 Å². The van der Waals surface area contributed by atoms with Crippen LogP contribution in [-0.2, 0) is 14.4 Å². The van der Waals surface area contributed by atoms with E-state index in [1.807, 2.05) is 32.9 Å². The molecule has 0 bridgehead atoms. The van der Waals surface area contributed by atoms with Gasteiger partial charge in [-0.25, -0.2) is 5.90 Å². The molecule has 2 fully saturated rings. The lowest BCUT2D eigenvalue weighted by molar-refractivity contribution is -0.139. The molecule has 2 rings (SSSR count). The number of aliphatic hydroxyl groups is 2. The first kappa shape index (κ1) is 43.7. The third kappa shape index (κ3) is 19.4.